The van der Waals surface area contributed by atoms with E-state index in [2.05, 4.69) is 15.6 Å². The molecule has 1 aliphatic carbocycles. The molecule has 0 aromatic carbocycles. The Morgan fingerprint density at radius 3 is 2.71 bits per heavy atom. The van der Waals surface area contributed by atoms with Crippen molar-refractivity contribution < 1.29 is 14.7 Å². The Hall–Kier alpha value is -1.63. The van der Waals surface area contributed by atoms with Gasteiger partial charge in [-0.3, -0.25) is 4.79 Å². The molecule has 1 aliphatic rings. The Kier molecular flexibility index (Phi) is 4.82. The quantitative estimate of drug-likeness (QED) is 0.752. The molecular weight excluding hydrogens is 290 g/mol. The number of carbonyl (C=O) groups is 2. The van der Waals surface area contributed by atoms with E-state index in [4.69, 9.17) is 5.11 Å². The van der Waals surface area contributed by atoms with Crippen molar-refractivity contribution in [2.45, 2.75) is 45.6 Å². The van der Waals surface area contributed by atoms with E-state index in [0.29, 0.717) is 6.54 Å². The summed E-state index contributed by atoms with van der Waals surface area (Å²) < 4.78 is 0. The highest BCUT2D eigenvalue weighted by Gasteiger charge is 2.39. The fourth-order valence-corrected chi connectivity index (χ4v) is 3.37. The van der Waals surface area contributed by atoms with Gasteiger partial charge in [-0.15, -0.1) is 11.3 Å². The lowest BCUT2D eigenvalue weighted by atomic mass is 9.66. The van der Waals surface area contributed by atoms with Crippen LogP contribution in [-0.2, 0) is 4.79 Å². The molecule has 1 aromatic rings. The van der Waals surface area contributed by atoms with Gasteiger partial charge in [0.15, 0.2) is 0 Å². The molecule has 6 nitrogen and oxygen atoms in total. The van der Waals surface area contributed by atoms with E-state index in [1.165, 1.54) is 11.3 Å². The Balaban J connectivity index is 1.80. The minimum atomic E-state index is -0.802. The summed E-state index contributed by atoms with van der Waals surface area (Å²) in [6.07, 6.45) is 2.88. The Bertz CT molecular complexity index is 525. The molecule has 2 rings (SSSR count). The van der Waals surface area contributed by atoms with Crippen LogP contribution in [0.1, 0.15) is 49.4 Å². The number of aryl methyl sites for hydroxylation is 1. The highest BCUT2D eigenvalue weighted by molar-refractivity contribution is 7.09. The number of nitrogens with one attached hydrogen (secondary N) is 2. The molecule has 1 unspecified atom stereocenters. The normalized spacial score (nSPS) is 17.6. The second-order valence-electron chi connectivity index (χ2n) is 5.80. The van der Waals surface area contributed by atoms with Crippen LogP contribution in [0.5, 0.6) is 0 Å². The Morgan fingerprint density at radius 1 is 1.52 bits per heavy atom. The molecule has 1 heterocycles. The molecule has 0 spiro atoms. The van der Waals surface area contributed by atoms with Crippen LogP contribution < -0.4 is 10.6 Å². The summed E-state index contributed by atoms with van der Waals surface area (Å²) in [5, 5.41) is 17.4. The van der Waals surface area contributed by atoms with Crippen LogP contribution in [0.2, 0.25) is 0 Å². The highest BCUT2D eigenvalue weighted by atomic mass is 32.1. The van der Waals surface area contributed by atoms with E-state index in [1.807, 2.05) is 19.2 Å². The van der Waals surface area contributed by atoms with E-state index in [-0.39, 0.29) is 23.9 Å². The van der Waals surface area contributed by atoms with E-state index in [0.717, 1.165) is 30.0 Å². The van der Waals surface area contributed by atoms with Gasteiger partial charge in [0.2, 0.25) is 0 Å². The van der Waals surface area contributed by atoms with Crippen LogP contribution in [-0.4, -0.2) is 28.6 Å². The van der Waals surface area contributed by atoms with Gasteiger partial charge in [0, 0.05) is 17.6 Å². The largest absolute Gasteiger partial charge is 0.481 e. The Morgan fingerprint density at radius 2 is 2.24 bits per heavy atom. The number of carboxylic acid groups (broad SMARTS) is 1. The second kappa shape index (κ2) is 6.43. The number of amides is 2. The van der Waals surface area contributed by atoms with Crippen LogP contribution >= 0.6 is 11.3 Å². The monoisotopic (exact) mass is 311 g/mol. The number of aliphatic carboxylic acids is 1. The predicted molar refractivity (Wildman–Crippen MR) is 80.3 cm³/mol. The van der Waals surface area contributed by atoms with Crippen LogP contribution in [0.4, 0.5) is 4.79 Å². The van der Waals surface area contributed by atoms with Crippen LogP contribution in [0, 0.1) is 12.3 Å². The zero-order chi connectivity index (χ0) is 15.5. The molecule has 1 fully saturated rings. The summed E-state index contributed by atoms with van der Waals surface area (Å²) in [6, 6.07) is -0.424. The molecule has 116 valence electrons. The van der Waals surface area contributed by atoms with Gasteiger partial charge in [0.1, 0.15) is 5.01 Å². The van der Waals surface area contributed by atoms with Crippen molar-refractivity contribution in [3.05, 3.63) is 16.1 Å². The third-order valence-corrected chi connectivity index (χ3v) is 5.06. The van der Waals surface area contributed by atoms with E-state index in [9.17, 15) is 9.59 Å². The molecule has 0 aliphatic heterocycles. The van der Waals surface area contributed by atoms with Crippen molar-refractivity contribution in [1.29, 1.82) is 0 Å². The number of urea groups is 1. The molecule has 7 heteroatoms. The fraction of sp³-hybridized carbons (Fsp3) is 0.643. The van der Waals surface area contributed by atoms with Gasteiger partial charge in [-0.05, 0) is 32.1 Å². The minimum absolute atomic E-state index is 0.120. The van der Waals surface area contributed by atoms with Crippen molar-refractivity contribution in [2.75, 3.05) is 6.54 Å². The van der Waals surface area contributed by atoms with Crippen molar-refractivity contribution in [2.24, 2.45) is 5.41 Å². The van der Waals surface area contributed by atoms with E-state index < -0.39 is 5.97 Å². The molecular formula is C14H21N3O3S. The fourth-order valence-electron chi connectivity index (χ4n) is 2.56. The van der Waals surface area contributed by atoms with Gasteiger partial charge in [0.05, 0.1) is 12.5 Å². The number of aromatic nitrogens is 1. The number of carboxylic acids is 1. The number of carbonyl (C=O) groups excluding carboxylic acids is 1. The van der Waals surface area contributed by atoms with Crippen molar-refractivity contribution in [3.8, 4) is 0 Å². The lowest BCUT2D eigenvalue weighted by molar-refractivity contribution is -0.141. The summed E-state index contributed by atoms with van der Waals surface area (Å²) >= 11 is 1.52. The molecule has 1 atom stereocenters. The molecule has 0 radical (unpaired) electrons. The zero-order valence-corrected chi connectivity index (χ0v) is 13.1. The maximum atomic E-state index is 11.9. The summed E-state index contributed by atoms with van der Waals surface area (Å²) in [4.78, 5) is 27.1. The van der Waals surface area contributed by atoms with Crippen LogP contribution in [0.25, 0.3) is 0 Å². The van der Waals surface area contributed by atoms with Crippen LogP contribution in [0.3, 0.4) is 0 Å². The highest BCUT2D eigenvalue weighted by Crippen LogP contribution is 2.43. The first-order valence-electron chi connectivity index (χ1n) is 7.08. The third-order valence-electron chi connectivity index (χ3n) is 3.92. The SMILES string of the molecule is Cc1csc(C(C)NC(=O)NCC2(CC(=O)O)CCC2)n1. The number of nitrogens with zero attached hydrogens (tertiary/aromatic N) is 1. The smallest absolute Gasteiger partial charge is 0.315 e. The maximum absolute atomic E-state index is 11.9. The number of thiazole rings is 1. The van der Waals surface area contributed by atoms with E-state index in [1.54, 1.807) is 0 Å². The average molecular weight is 311 g/mol. The topological polar surface area (TPSA) is 91.3 Å². The Labute approximate surface area is 128 Å². The summed E-state index contributed by atoms with van der Waals surface area (Å²) in [7, 11) is 0. The lowest BCUT2D eigenvalue weighted by Crippen LogP contribution is -2.47. The van der Waals surface area contributed by atoms with Crippen molar-refractivity contribution >= 4 is 23.3 Å². The summed E-state index contributed by atoms with van der Waals surface area (Å²) in [5.41, 5.74) is 0.684. The van der Waals surface area contributed by atoms with Crippen molar-refractivity contribution in [1.82, 2.24) is 15.6 Å². The van der Waals surface area contributed by atoms with Gasteiger partial charge in [-0.1, -0.05) is 6.42 Å². The predicted octanol–water partition coefficient (Wildman–Crippen LogP) is 2.46. The van der Waals surface area contributed by atoms with Crippen LogP contribution in [0.15, 0.2) is 5.38 Å². The molecule has 21 heavy (non-hydrogen) atoms. The summed E-state index contributed by atoms with van der Waals surface area (Å²) in [6.45, 7) is 4.21. The van der Waals surface area contributed by atoms with Gasteiger partial charge >= 0.3 is 12.0 Å². The average Bonchev–Trinajstić information content (AvgIpc) is 2.79. The molecule has 0 bridgehead atoms. The molecule has 1 saturated carbocycles. The van der Waals surface area contributed by atoms with Gasteiger partial charge in [-0.2, -0.15) is 0 Å². The van der Waals surface area contributed by atoms with E-state index >= 15 is 0 Å². The first-order chi connectivity index (χ1) is 9.90. The molecule has 0 saturated heterocycles. The molecule has 3 N–H and O–H groups in total. The van der Waals surface area contributed by atoms with Crippen molar-refractivity contribution in [3.63, 3.8) is 0 Å². The number of hydrogen-bond donors (Lipinski definition) is 3. The standard InChI is InChI=1S/C14H21N3O3S/c1-9-7-21-12(16-9)10(2)17-13(20)15-8-14(4-3-5-14)6-11(18)19/h7,10H,3-6,8H2,1-2H3,(H,18,19)(H2,15,17,20). The maximum Gasteiger partial charge on any atom is 0.315 e. The van der Waals surface area contributed by atoms with Gasteiger partial charge in [0.25, 0.3) is 0 Å². The summed E-state index contributed by atoms with van der Waals surface area (Å²) in [5.74, 6) is -0.802. The van der Waals surface area contributed by atoms with Gasteiger partial charge in [-0.25, -0.2) is 9.78 Å². The second-order valence-corrected chi connectivity index (χ2v) is 6.69. The molecule has 2 amide bonds. The van der Waals surface area contributed by atoms with Gasteiger partial charge < -0.3 is 15.7 Å². The third kappa shape index (κ3) is 4.17. The first kappa shape index (κ1) is 15.8. The first-order valence-corrected chi connectivity index (χ1v) is 7.96. The zero-order valence-electron chi connectivity index (χ0n) is 12.3. The number of hydrogen-bond acceptors (Lipinski definition) is 4. The number of rotatable bonds is 6. The lowest BCUT2D eigenvalue weighted by Gasteiger charge is -2.40. The minimum Gasteiger partial charge on any atom is -0.481 e. The molecule has 1 aromatic heterocycles.